The van der Waals surface area contributed by atoms with Gasteiger partial charge < -0.3 is 4.90 Å². The van der Waals surface area contributed by atoms with Crippen molar-refractivity contribution in [3.63, 3.8) is 0 Å². The number of amides is 1. The average molecular weight is 406 g/mol. The topological polar surface area (TPSA) is 20.3 Å². The van der Waals surface area contributed by atoms with E-state index >= 15 is 0 Å². The van der Waals surface area contributed by atoms with Crippen LogP contribution in [0.25, 0.3) is 0 Å². The highest BCUT2D eigenvalue weighted by Gasteiger charge is 2.61. The zero-order chi connectivity index (χ0) is 17.2. The number of carbonyl (C=O) groups excluding carboxylic acids is 1. The van der Waals surface area contributed by atoms with E-state index in [2.05, 4.69) is 15.9 Å². The summed E-state index contributed by atoms with van der Waals surface area (Å²) in [5.41, 5.74) is 0.461. The Bertz CT molecular complexity index is 702. The number of nitrogens with zero attached hydrogens (tertiary/aromatic N) is 1. The minimum atomic E-state index is -0.193. The van der Waals surface area contributed by atoms with Gasteiger partial charge in [-0.25, -0.2) is 4.39 Å². The Labute approximate surface area is 157 Å². The molecule has 5 aliphatic carbocycles. The molecule has 25 heavy (non-hydrogen) atoms. The van der Waals surface area contributed by atoms with Crippen molar-refractivity contribution < 1.29 is 9.18 Å². The highest BCUT2D eigenvalue weighted by molar-refractivity contribution is 9.10. The first-order valence-electron chi connectivity index (χ1n) is 9.70. The number of benzene rings is 1. The number of rotatable bonds is 4. The Balaban J connectivity index is 1.44. The van der Waals surface area contributed by atoms with Crippen molar-refractivity contribution in [3.8, 4) is 0 Å². The van der Waals surface area contributed by atoms with Crippen molar-refractivity contribution in [2.24, 2.45) is 17.3 Å². The second kappa shape index (κ2) is 5.55. The van der Waals surface area contributed by atoms with Gasteiger partial charge in [0, 0.05) is 22.5 Å². The van der Waals surface area contributed by atoms with E-state index < -0.39 is 0 Å². The minimum Gasteiger partial charge on any atom is -0.335 e. The van der Waals surface area contributed by atoms with Crippen molar-refractivity contribution in [3.05, 3.63) is 35.6 Å². The fourth-order valence-corrected chi connectivity index (χ4v) is 7.72. The normalized spacial score (nSPS) is 38.8. The van der Waals surface area contributed by atoms with Crippen molar-refractivity contribution in [2.75, 3.05) is 0 Å². The fourth-order valence-electron chi connectivity index (χ4n) is 6.27. The van der Waals surface area contributed by atoms with Gasteiger partial charge in [0.15, 0.2) is 0 Å². The van der Waals surface area contributed by atoms with E-state index in [0.29, 0.717) is 35.9 Å². The Hall–Kier alpha value is -0.900. The Morgan fingerprint density at radius 3 is 2.44 bits per heavy atom. The van der Waals surface area contributed by atoms with Gasteiger partial charge in [0.05, 0.1) is 5.41 Å². The van der Waals surface area contributed by atoms with Crippen LogP contribution in [-0.2, 0) is 11.3 Å². The molecule has 1 aromatic carbocycles. The monoisotopic (exact) mass is 405 g/mol. The van der Waals surface area contributed by atoms with Crippen LogP contribution in [0.3, 0.4) is 0 Å². The molecule has 0 spiro atoms. The van der Waals surface area contributed by atoms with Gasteiger partial charge in [0.2, 0.25) is 5.91 Å². The molecule has 2 unspecified atom stereocenters. The molecule has 134 valence electrons. The minimum absolute atomic E-state index is 0.181. The SMILES string of the molecule is O=C(N(Cc1ccccc1F)C1CC1)C12CC3CC(CC(Br)(C3)C1)C2. The summed E-state index contributed by atoms with van der Waals surface area (Å²) in [7, 11) is 0. The number of hydrogen-bond donors (Lipinski definition) is 0. The van der Waals surface area contributed by atoms with Crippen molar-refractivity contribution >= 4 is 21.8 Å². The maximum Gasteiger partial charge on any atom is 0.229 e. The van der Waals surface area contributed by atoms with Gasteiger partial charge in [-0.2, -0.15) is 0 Å². The van der Waals surface area contributed by atoms with Crippen LogP contribution >= 0.6 is 15.9 Å². The van der Waals surface area contributed by atoms with E-state index in [0.717, 1.165) is 32.1 Å². The standard InChI is InChI=1S/C21H25BrFNO/c22-21-10-14-7-15(11-21)9-20(8-14,13-21)19(25)24(17-5-6-17)12-16-3-1-2-4-18(16)23/h1-4,14-15,17H,5-13H2. The lowest BCUT2D eigenvalue weighted by Crippen LogP contribution is -2.59. The third-order valence-electron chi connectivity index (χ3n) is 6.99. The first-order valence-corrected chi connectivity index (χ1v) is 10.5. The molecule has 0 aliphatic heterocycles. The van der Waals surface area contributed by atoms with Gasteiger partial charge >= 0.3 is 0 Å². The summed E-state index contributed by atoms with van der Waals surface area (Å²) in [6.45, 7) is 0.433. The quantitative estimate of drug-likeness (QED) is 0.641. The van der Waals surface area contributed by atoms with Crippen molar-refractivity contribution in [1.82, 2.24) is 4.90 Å². The highest BCUT2D eigenvalue weighted by atomic mass is 79.9. The molecule has 4 heteroatoms. The molecule has 2 atom stereocenters. The summed E-state index contributed by atoms with van der Waals surface area (Å²) in [6.07, 6.45) is 8.99. The molecule has 5 saturated carbocycles. The molecule has 2 nitrogen and oxygen atoms in total. The Kier molecular flexibility index (Phi) is 3.61. The van der Waals surface area contributed by atoms with Gasteiger partial charge in [-0.3, -0.25) is 4.79 Å². The van der Waals surface area contributed by atoms with Gasteiger partial charge in [0.1, 0.15) is 5.82 Å². The van der Waals surface area contributed by atoms with E-state index in [-0.39, 0.29) is 15.6 Å². The summed E-state index contributed by atoms with van der Waals surface area (Å²) in [6, 6.07) is 7.24. The maximum absolute atomic E-state index is 14.2. The van der Waals surface area contributed by atoms with Crippen LogP contribution < -0.4 is 0 Å². The van der Waals surface area contributed by atoms with Gasteiger partial charge in [-0.05, 0) is 69.3 Å². The highest BCUT2D eigenvalue weighted by Crippen LogP contribution is 2.65. The largest absolute Gasteiger partial charge is 0.335 e. The maximum atomic E-state index is 14.2. The number of halogens is 2. The van der Waals surface area contributed by atoms with E-state index in [4.69, 9.17) is 0 Å². The van der Waals surface area contributed by atoms with Crippen LogP contribution in [0.1, 0.15) is 56.9 Å². The molecule has 1 aromatic rings. The summed E-state index contributed by atoms with van der Waals surface area (Å²) in [4.78, 5) is 15.7. The lowest BCUT2D eigenvalue weighted by molar-refractivity contribution is -0.156. The molecule has 5 aliphatic rings. The van der Waals surface area contributed by atoms with Crippen LogP contribution in [0.5, 0.6) is 0 Å². The predicted molar refractivity (Wildman–Crippen MR) is 98.7 cm³/mol. The van der Waals surface area contributed by atoms with Crippen molar-refractivity contribution in [1.29, 1.82) is 0 Å². The molecule has 4 bridgehead atoms. The van der Waals surface area contributed by atoms with E-state index in [1.54, 1.807) is 6.07 Å². The van der Waals surface area contributed by atoms with E-state index in [1.807, 2.05) is 17.0 Å². The van der Waals surface area contributed by atoms with Gasteiger partial charge in [-0.15, -0.1) is 0 Å². The average Bonchev–Trinajstić information content (AvgIpc) is 3.36. The number of hydrogen-bond acceptors (Lipinski definition) is 1. The van der Waals surface area contributed by atoms with E-state index in [1.165, 1.54) is 25.3 Å². The molecule has 0 aromatic heterocycles. The third-order valence-corrected chi connectivity index (χ3v) is 7.92. The lowest BCUT2D eigenvalue weighted by Gasteiger charge is -2.60. The summed E-state index contributed by atoms with van der Waals surface area (Å²) in [5.74, 6) is 1.51. The predicted octanol–water partition coefficient (Wildman–Crippen LogP) is 5.05. The molecular weight excluding hydrogens is 381 g/mol. The Morgan fingerprint density at radius 2 is 1.84 bits per heavy atom. The summed E-state index contributed by atoms with van der Waals surface area (Å²) < 4.78 is 14.4. The summed E-state index contributed by atoms with van der Waals surface area (Å²) in [5, 5.41) is 0. The first kappa shape index (κ1) is 16.3. The second-order valence-corrected chi connectivity index (χ2v) is 10.8. The zero-order valence-electron chi connectivity index (χ0n) is 14.5. The molecule has 0 N–H and O–H groups in total. The third kappa shape index (κ3) is 2.75. The van der Waals surface area contributed by atoms with Crippen LogP contribution in [0.4, 0.5) is 4.39 Å². The smallest absolute Gasteiger partial charge is 0.229 e. The molecule has 0 radical (unpaired) electrons. The number of carbonyl (C=O) groups is 1. The molecule has 1 amide bonds. The van der Waals surface area contributed by atoms with Crippen molar-refractivity contribution in [2.45, 2.75) is 68.3 Å². The molecule has 0 heterocycles. The molecule has 0 saturated heterocycles. The first-order chi connectivity index (χ1) is 12.0. The second-order valence-electron chi connectivity index (χ2n) is 9.15. The van der Waals surface area contributed by atoms with Gasteiger partial charge in [0.25, 0.3) is 0 Å². The summed E-state index contributed by atoms with van der Waals surface area (Å²) >= 11 is 4.01. The molecular formula is C21H25BrFNO. The van der Waals surface area contributed by atoms with Gasteiger partial charge in [-0.1, -0.05) is 34.1 Å². The number of alkyl halides is 1. The lowest BCUT2D eigenvalue weighted by atomic mass is 9.49. The fraction of sp³-hybridized carbons (Fsp3) is 0.667. The Morgan fingerprint density at radius 1 is 1.16 bits per heavy atom. The van der Waals surface area contributed by atoms with Crippen LogP contribution in [0.2, 0.25) is 0 Å². The van der Waals surface area contributed by atoms with E-state index in [9.17, 15) is 9.18 Å². The molecule has 5 fully saturated rings. The zero-order valence-corrected chi connectivity index (χ0v) is 16.1. The van der Waals surface area contributed by atoms with Crippen LogP contribution in [0, 0.1) is 23.1 Å². The molecule has 6 rings (SSSR count). The van der Waals surface area contributed by atoms with Crippen LogP contribution in [-0.4, -0.2) is 21.2 Å². The van der Waals surface area contributed by atoms with Crippen LogP contribution in [0.15, 0.2) is 24.3 Å².